The smallest absolute Gasteiger partial charge is 0.0656 e. The fourth-order valence-corrected chi connectivity index (χ4v) is 1.89. The summed E-state index contributed by atoms with van der Waals surface area (Å²) >= 11 is 12.1. The predicted molar refractivity (Wildman–Crippen MR) is 75.3 cm³/mol. The van der Waals surface area contributed by atoms with E-state index in [4.69, 9.17) is 28.9 Å². The molecular formula is C13H12Cl2N2. The first-order valence-electron chi connectivity index (χ1n) is 5.15. The minimum atomic E-state index is 0.533. The van der Waals surface area contributed by atoms with Crippen LogP contribution in [0, 0.1) is 6.92 Å². The van der Waals surface area contributed by atoms with Crippen LogP contribution in [0.5, 0.6) is 0 Å². The molecule has 0 bridgehead atoms. The summed E-state index contributed by atoms with van der Waals surface area (Å²) in [5.41, 5.74) is 9.07. The fraction of sp³-hybridized carbons (Fsp3) is 0.0769. The highest BCUT2D eigenvalue weighted by atomic mass is 35.5. The highest BCUT2D eigenvalue weighted by Gasteiger charge is 2.05. The number of rotatable bonds is 2. The van der Waals surface area contributed by atoms with Crippen LogP contribution in [0.2, 0.25) is 10.0 Å². The minimum absolute atomic E-state index is 0.533. The first-order chi connectivity index (χ1) is 8.08. The van der Waals surface area contributed by atoms with Crippen molar-refractivity contribution in [3.63, 3.8) is 0 Å². The maximum atomic E-state index is 6.08. The molecule has 0 aromatic heterocycles. The zero-order valence-electron chi connectivity index (χ0n) is 9.30. The van der Waals surface area contributed by atoms with Crippen molar-refractivity contribution in [2.45, 2.75) is 6.92 Å². The van der Waals surface area contributed by atoms with Crippen molar-refractivity contribution in [2.75, 3.05) is 11.1 Å². The first-order valence-corrected chi connectivity index (χ1v) is 5.90. The monoisotopic (exact) mass is 266 g/mol. The summed E-state index contributed by atoms with van der Waals surface area (Å²) < 4.78 is 0. The molecule has 0 radical (unpaired) electrons. The maximum Gasteiger partial charge on any atom is 0.0656 e. The Hall–Kier alpha value is -1.38. The number of para-hydroxylation sites is 1. The second-order valence-corrected chi connectivity index (χ2v) is 4.61. The van der Waals surface area contributed by atoms with Crippen LogP contribution < -0.4 is 11.1 Å². The molecule has 0 atom stereocenters. The lowest BCUT2D eigenvalue weighted by atomic mass is 10.1. The lowest BCUT2D eigenvalue weighted by Crippen LogP contribution is -1.96. The van der Waals surface area contributed by atoms with E-state index in [-0.39, 0.29) is 0 Å². The van der Waals surface area contributed by atoms with Crippen molar-refractivity contribution < 1.29 is 0 Å². The molecule has 0 aliphatic carbocycles. The van der Waals surface area contributed by atoms with Crippen LogP contribution in [-0.2, 0) is 0 Å². The number of halogens is 2. The quantitative estimate of drug-likeness (QED) is 0.778. The van der Waals surface area contributed by atoms with E-state index in [1.807, 2.05) is 37.3 Å². The summed E-state index contributed by atoms with van der Waals surface area (Å²) in [6, 6.07) is 11.2. The van der Waals surface area contributed by atoms with Crippen LogP contribution in [0.4, 0.5) is 17.1 Å². The summed E-state index contributed by atoms with van der Waals surface area (Å²) in [5.74, 6) is 0. The van der Waals surface area contributed by atoms with Crippen molar-refractivity contribution in [2.24, 2.45) is 0 Å². The van der Waals surface area contributed by atoms with Gasteiger partial charge < -0.3 is 11.1 Å². The van der Waals surface area contributed by atoms with Gasteiger partial charge in [0.15, 0.2) is 0 Å². The number of hydrogen-bond donors (Lipinski definition) is 2. The van der Waals surface area contributed by atoms with Gasteiger partial charge in [-0.05, 0) is 36.8 Å². The van der Waals surface area contributed by atoms with E-state index in [0.717, 1.165) is 16.9 Å². The fourth-order valence-electron chi connectivity index (χ4n) is 1.55. The number of hydrogen-bond acceptors (Lipinski definition) is 2. The summed E-state index contributed by atoms with van der Waals surface area (Å²) in [6.07, 6.45) is 0. The van der Waals surface area contributed by atoms with Gasteiger partial charge in [0.05, 0.1) is 21.4 Å². The minimum Gasteiger partial charge on any atom is -0.398 e. The lowest BCUT2D eigenvalue weighted by molar-refractivity contribution is 1.43. The Morgan fingerprint density at radius 3 is 2.41 bits per heavy atom. The Morgan fingerprint density at radius 2 is 1.71 bits per heavy atom. The number of anilines is 3. The van der Waals surface area contributed by atoms with E-state index >= 15 is 0 Å². The van der Waals surface area contributed by atoms with Gasteiger partial charge in [0.1, 0.15) is 0 Å². The van der Waals surface area contributed by atoms with Gasteiger partial charge in [-0.3, -0.25) is 0 Å². The second kappa shape index (κ2) is 4.86. The Bertz CT molecular complexity index is 553. The van der Waals surface area contributed by atoms with Gasteiger partial charge in [-0.2, -0.15) is 0 Å². The molecular weight excluding hydrogens is 255 g/mol. The number of aryl methyl sites for hydroxylation is 1. The molecule has 0 spiro atoms. The zero-order chi connectivity index (χ0) is 12.4. The third-order valence-electron chi connectivity index (χ3n) is 2.49. The van der Waals surface area contributed by atoms with Crippen molar-refractivity contribution >= 4 is 40.3 Å². The van der Waals surface area contributed by atoms with Crippen LogP contribution in [0.15, 0.2) is 36.4 Å². The second-order valence-electron chi connectivity index (χ2n) is 3.79. The van der Waals surface area contributed by atoms with Crippen molar-refractivity contribution in [3.8, 4) is 0 Å². The Morgan fingerprint density at radius 1 is 1.00 bits per heavy atom. The van der Waals surface area contributed by atoms with Crippen LogP contribution >= 0.6 is 23.2 Å². The standard InChI is InChI=1S/C13H12Cl2N2/c1-8-6-11(16)10(15)7-13(8)17-12-5-3-2-4-9(12)14/h2-7,17H,16H2,1H3. The largest absolute Gasteiger partial charge is 0.398 e. The SMILES string of the molecule is Cc1cc(N)c(Cl)cc1Nc1ccccc1Cl. The van der Waals surface area contributed by atoms with Gasteiger partial charge in [0.2, 0.25) is 0 Å². The number of nitrogens with one attached hydrogen (secondary N) is 1. The van der Waals surface area contributed by atoms with Crippen LogP contribution in [0.1, 0.15) is 5.56 Å². The normalized spacial score (nSPS) is 10.3. The van der Waals surface area contributed by atoms with Gasteiger partial charge in [-0.1, -0.05) is 35.3 Å². The molecule has 4 heteroatoms. The lowest BCUT2D eigenvalue weighted by Gasteiger charge is -2.12. The average Bonchev–Trinajstić information content (AvgIpc) is 2.29. The molecule has 0 heterocycles. The highest BCUT2D eigenvalue weighted by Crippen LogP contribution is 2.31. The van der Waals surface area contributed by atoms with Crippen LogP contribution in [0.3, 0.4) is 0 Å². The Kier molecular flexibility index (Phi) is 3.46. The molecule has 88 valence electrons. The molecule has 0 saturated heterocycles. The molecule has 2 nitrogen and oxygen atoms in total. The topological polar surface area (TPSA) is 38.0 Å². The molecule has 0 aliphatic heterocycles. The number of benzene rings is 2. The summed E-state index contributed by atoms with van der Waals surface area (Å²) in [5, 5.41) is 4.44. The summed E-state index contributed by atoms with van der Waals surface area (Å²) in [4.78, 5) is 0. The maximum absolute atomic E-state index is 6.08. The van der Waals surface area contributed by atoms with E-state index in [0.29, 0.717) is 15.7 Å². The number of nitrogens with two attached hydrogens (primary N) is 1. The molecule has 2 aromatic rings. The zero-order valence-corrected chi connectivity index (χ0v) is 10.8. The average molecular weight is 267 g/mol. The van der Waals surface area contributed by atoms with Gasteiger partial charge in [0.25, 0.3) is 0 Å². The molecule has 0 amide bonds. The molecule has 17 heavy (non-hydrogen) atoms. The number of nitrogen functional groups attached to an aromatic ring is 1. The molecule has 2 rings (SSSR count). The van der Waals surface area contributed by atoms with Crippen molar-refractivity contribution in [1.29, 1.82) is 0 Å². The predicted octanol–water partition coefficient (Wildman–Crippen LogP) is 4.63. The van der Waals surface area contributed by atoms with E-state index in [2.05, 4.69) is 5.32 Å². The molecule has 0 saturated carbocycles. The van der Waals surface area contributed by atoms with Gasteiger partial charge in [0, 0.05) is 5.69 Å². The van der Waals surface area contributed by atoms with Crippen molar-refractivity contribution in [3.05, 3.63) is 52.0 Å². The van der Waals surface area contributed by atoms with E-state index in [9.17, 15) is 0 Å². The van der Waals surface area contributed by atoms with Gasteiger partial charge >= 0.3 is 0 Å². The van der Waals surface area contributed by atoms with Gasteiger partial charge in [-0.25, -0.2) is 0 Å². The van der Waals surface area contributed by atoms with E-state index < -0.39 is 0 Å². The van der Waals surface area contributed by atoms with Crippen LogP contribution in [-0.4, -0.2) is 0 Å². The Balaban J connectivity index is 2.37. The molecule has 2 aromatic carbocycles. The first kappa shape index (κ1) is 12.1. The van der Waals surface area contributed by atoms with Crippen molar-refractivity contribution in [1.82, 2.24) is 0 Å². The van der Waals surface area contributed by atoms with E-state index in [1.165, 1.54) is 0 Å². The Labute approximate surface area is 110 Å². The molecule has 0 unspecified atom stereocenters. The summed E-state index contributed by atoms with van der Waals surface area (Å²) in [7, 11) is 0. The molecule has 3 N–H and O–H groups in total. The third kappa shape index (κ3) is 2.65. The van der Waals surface area contributed by atoms with E-state index in [1.54, 1.807) is 6.07 Å². The summed E-state index contributed by atoms with van der Waals surface area (Å²) in [6.45, 7) is 1.96. The third-order valence-corrected chi connectivity index (χ3v) is 3.14. The highest BCUT2D eigenvalue weighted by molar-refractivity contribution is 6.34. The molecule has 0 aliphatic rings. The van der Waals surface area contributed by atoms with Crippen LogP contribution in [0.25, 0.3) is 0 Å². The molecule has 0 fully saturated rings. The van der Waals surface area contributed by atoms with Gasteiger partial charge in [-0.15, -0.1) is 0 Å².